The number of anilines is 1. The predicted molar refractivity (Wildman–Crippen MR) is 70.1 cm³/mol. The van der Waals surface area contributed by atoms with E-state index < -0.39 is 5.97 Å². The first-order valence-electron chi connectivity index (χ1n) is 5.46. The van der Waals surface area contributed by atoms with Crippen LogP contribution in [0.3, 0.4) is 0 Å². The molecule has 2 heterocycles. The molecule has 0 saturated carbocycles. The lowest BCUT2D eigenvalue weighted by atomic mass is 10.2. The summed E-state index contributed by atoms with van der Waals surface area (Å²) in [6.07, 6.45) is 1.73. The Morgan fingerprint density at radius 1 is 1.50 bits per heavy atom. The van der Waals surface area contributed by atoms with Gasteiger partial charge in [-0.25, -0.2) is 9.78 Å². The molecular formula is C12H13N3O2S. The van der Waals surface area contributed by atoms with Gasteiger partial charge in [-0.1, -0.05) is 6.07 Å². The Kier molecular flexibility index (Phi) is 3.57. The highest BCUT2D eigenvalue weighted by Crippen LogP contribution is 2.25. The molecule has 0 amide bonds. The molecule has 2 aromatic heterocycles. The van der Waals surface area contributed by atoms with Crippen molar-refractivity contribution in [3.8, 4) is 0 Å². The average Bonchev–Trinajstić information content (AvgIpc) is 2.71. The first-order valence-corrected chi connectivity index (χ1v) is 6.27. The third kappa shape index (κ3) is 2.65. The van der Waals surface area contributed by atoms with Gasteiger partial charge in [-0.05, 0) is 26.0 Å². The minimum Gasteiger partial charge on any atom is -0.476 e. The van der Waals surface area contributed by atoms with E-state index in [1.165, 1.54) is 11.3 Å². The zero-order chi connectivity index (χ0) is 13.1. The topological polar surface area (TPSA) is 75.1 Å². The molecular weight excluding hydrogens is 250 g/mol. The molecule has 5 nitrogen and oxygen atoms in total. The first kappa shape index (κ1) is 12.5. The maximum absolute atomic E-state index is 10.9. The standard InChI is InChI=1S/C12H13N3O2S/c1-7(9-5-3-4-6-13-9)14-12-15-10(11(16)17)8(2)18-12/h3-7H,1-2H3,(H,14,15)(H,16,17). The normalized spacial score (nSPS) is 12.1. The van der Waals surface area contributed by atoms with E-state index in [0.29, 0.717) is 10.0 Å². The second-order valence-electron chi connectivity index (χ2n) is 3.85. The number of pyridine rings is 1. The van der Waals surface area contributed by atoms with E-state index in [4.69, 9.17) is 5.11 Å². The van der Waals surface area contributed by atoms with Gasteiger partial charge in [0.25, 0.3) is 0 Å². The molecule has 6 heteroatoms. The van der Waals surface area contributed by atoms with Gasteiger partial charge < -0.3 is 10.4 Å². The molecule has 0 spiro atoms. The van der Waals surface area contributed by atoms with Crippen LogP contribution < -0.4 is 5.32 Å². The van der Waals surface area contributed by atoms with Gasteiger partial charge in [0.15, 0.2) is 10.8 Å². The van der Waals surface area contributed by atoms with Crippen LogP contribution in [-0.2, 0) is 0 Å². The van der Waals surface area contributed by atoms with Crippen molar-refractivity contribution < 1.29 is 9.90 Å². The van der Waals surface area contributed by atoms with Gasteiger partial charge in [0.05, 0.1) is 11.7 Å². The molecule has 0 radical (unpaired) electrons. The van der Waals surface area contributed by atoms with Crippen LogP contribution in [0.4, 0.5) is 5.13 Å². The zero-order valence-corrected chi connectivity index (χ0v) is 10.9. The molecule has 2 rings (SSSR count). The Bertz CT molecular complexity index is 554. The number of hydrogen-bond acceptors (Lipinski definition) is 5. The van der Waals surface area contributed by atoms with E-state index in [1.807, 2.05) is 25.1 Å². The number of carbonyl (C=O) groups is 1. The number of carboxylic acids is 1. The fourth-order valence-electron chi connectivity index (χ4n) is 1.55. The monoisotopic (exact) mass is 263 g/mol. The number of aryl methyl sites for hydroxylation is 1. The van der Waals surface area contributed by atoms with Crippen LogP contribution in [-0.4, -0.2) is 21.0 Å². The van der Waals surface area contributed by atoms with Gasteiger partial charge >= 0.3 is 5.97 Å². The lowest BCUT2D eigenvalue weighted by molar-refractivity contribution is 0.0690. The predicted octanol–water partition coefficient (Wildman–Crippen LogP) is 2.72. The van der Waals surface area contributed by atoms with Crippen molar-refractivity contribution in [2.24, 2.45) is 0 Å². The Hall–Kier alpha value is -1.95. The van der Waals surface area contributed by atoms with Crippen molar-refractivity contribution in [2.75, 3.05) is 5.32 Å². The summed E-state index contributed by atoms with van der Waals surface area (Å²) in [5.41, 5.74) is 0.998. The summed E-state index contributed by atoms with van der Waals surface area (Å²) < 4.78 is 0. The van der Waals surface area contributed by atoms with E-state index in [0.717, 1.165) is 5.69 Å². The quantitative estimate of drug-likeness (QED) is 0.887. The van der Waals surface area contributed by atoms with Crippen molar-refractivity contribution in [1.29, 1.82) is 0 Å². The fraction of sp³-hybridized carbons (Fsp3) is 0.250. The molecule has 0 aliphatic rings. The molecule has 0 bridgehead atoms. The lowest BCUT2D eigenvalue weighted by Gasteiger charge is -2.11. The third-order valence-electron chi connectivity index (χ3n) is 2.47. The second-order valence-corrected chi connectivity index (χ2v) is 5.05. The number of hydrogen-bond donors (Lipinski definition) is 2. The summed E-state index contributed by atoms with van der Waals surface area (Å²) in [6.45, 7) is 3.71. The fourth-order valence-corrected chi connectivity index (χ4v) is 2.44. The average molecular weight is 263 g/mol. The first-order chi connectivity index (χ1) is 8.58. The molecule has 18 heavy (non-hydrogen) atoms. The number of rotatable bonds is 4. The SMILES string of the molecule is Cc1sc(NC(C)c2ccccn2)nc1C(=O)O. The second kappa shape index (κ2) is 5.14. The zero-order valence-electron chi connectivity index (χ0n) is 10.0. The van der Waals surface area contributed by atoms with Crippen LogP contribution in [0.2, 0.25) is 0 Å². The van der Waals surface area contributed by atoms with Crippen LogP contribution in [0.1, 0.15) is 34.0 Å². The van der Waals surface area contributed by atoms with Crippen molar-refractivity contribution >= 4 is 22.4 Å². The minimum absolute atomic E-state index is 0.0154. The third-order valence-corrected chi connectivity index (χ3v) is 3.37. The minimum atomic E-state index is -0.998. The van der Waals surface area contributed by atoms with Gasteiger partial charge in [0.2, 0.25) is 0 Å². The highest BCUT2D eigenvalue weighted by molar-refractivity contribution is 7.15. The molecule has 1 atom stereocenters. The number of aromatic carboxylic acids is 1. The number of thiazole rings is 1. The van der Waals surface area contributed by atoms with Gasteiger partial charge in [0, 0.05) is 11.1 Å². The molecule has 94 valence electrons. The maximum atomic E-state index is 10.9. The van der Waals surface area contributed by atoms with Gasteiger partial charge in [-0.15, -0.1) is 11.3 Å². The smallest absolute Gasteiger partial charge is 0.355 e. The lowest BCUT2D eigenvalue weighted by Crippen LogP contribution is -2.08. The number of carboxylic acid groups (broad SMARTS) is 1. The van der Waals surface area contributed by atoms with Gasteiger partial charge in [0.1, 0.15) is 0 Å². The summed E-state index contributed by atoms with van der Waals surface area (Å²) in [4.78, 5) is 19.9. The summed E-state index contributed by atoms with van der Waals surface area (Å²) in [6, 6.07) is 5.66. The van der Waals surface area contributed by atoms with E-state index in [1.54, 1.807) is 13.1 Å². The summed E-state index contributed by atoms with van der Waals surface area (Å²) in [5, 5.41) is 12.7. The van der Waals surface area contributed by atoms with Crippen molar-refractivity contribution in [2.45, 2.75) is 19.9 Å². The van der Waals surface area contributed by atoms with Gasteiger partial charge in [-0.3, -0.25) is 4.98 Å². The summed E-state index contributed by atoms with van der Waals surface area (Å²) >= 11 is 1.33. The van der Waals surface area contributed by atoms with Crippen LogP contribution in [0, 0.1) is 6.92 Å². The Balaban J connectivity index is 2.15. The van der Waals surface area contributed by atoms with E-state index in [9.17, 15) is 4.79 Å². The molecule has 0 aromatic carbocycles. The van der Waals surface area contributed by atoms with Crippen molar-refractivity contribution in [1.82, 2.24) is 9.97 Å². The number of nitrogens with zero attached hydrogens (tertiary/aromatic N) is 2. The number of aromatic nitrogens is 2. The Morgan fingerprint density at radius 2 is 2.28 bits per heavy atom. The Labute approximate surface area is 109 Å². The highest BCUT2D eigenvalue weighted by Gasteiger charge is 2.15. The Morgan fingerprint density at radius 3 is 2.83 bits per heavy atom. The molecule has 2 N–H and O–H groups in total. The van der Waals surface area contributed by atoms with E-state index in [2.05, 4.69) is 15.3 Å². The molecule has 0 saturated heterocycles. The van der Waals surface area contributed by atoms with Crippen molar-refractivity contribution in [3.05, 3.63) is 40.7 Å². The van der Waals surface area contributed by atoms with Gasteiger partial charge in [-0.2, -0.15) is 0 Å². The maximum Gasteiger partial charge on any atom is 0.355 e. The van der Waals surface area contributed by atoms with Crippen molar-refractivity contribution in [3.63, 3.8) is 0 Å². The molecule has 1 unspecified atom stereocenters. The highest BCUT2D eigenvalue weighted by atomic mass is 32.1. The summed E-state index contributed by atoms with van der Waals surface area (Å²) in [5.74, 6) is -0.998. The summed E-state index contributed by atoms with van der Waals surface area (Å²) in [7, 11) is 0. The molecule has 0 aliphatic heterocycles. The largest absolute Gasteiger partial charge is 0.476 e. The van der Waals surface area contributed by atoms with E-state index >= 15 is 0 Å². The van der Waals surface area contributed by atoms with Crippen LogP contribution in [0.5, 0.6) is 0 Å². The molecule has 0 fully saturated rings. The number of nitrogens with one attached hydrogen (secondary N) is 1. The van der Waals surface area contributed by atoms with E-state index in [-0.39, 0.29) is 11.7 Å². The van der Waals surface area contributed by atoms with Crippen LogP contribution in [0.15, 0.2) is 24.4 Å². The molecule has 2 aromatic rings. The molecule has 0 aliphatic carbocycles. The van der Waals surface area contributed by atoms with Crippen LogP contribution in [0.25, 0.3) is 0 Å². The van der Waals surface area contributed by atoms with Crippen LogP contribution >= 0.6 is 11.3 Å².